The molecule has 2 aromatic rings. The maximum absolute atomic E-state index is 12.6. The molecule has 156 valence electrons. The van der Waals surface area contributed by atoms with Crippen molar-refractivity contribution in [2.24, 2.45) is 0 Å². The van der Waals surface area contributed by atoms with Crippen LogP contribution in [0.5, 0.6) is 12.0 Å². The van der Waals surface area contributed by atoms with E-state index in [1.54, 1.807) is 4.72 Å². The highest BCUT2D eigenvalue weighted by atomic mass is 32.2. The Kier molecular flexibility index (Phi) is 6.71. The molecule has 0 aliphatic heterocycles. The van der Waals surface area contributed by atoms with Gasteiger partial charge in [0.25, 0.3) is 10.0 Å². The quantitative estimate of drug-likeness (QED) is 0.544. The number of benzene rings is 1. The Morgan fingerprint density at radius 3 is 2.10 bits per heavy atom. The minimum atomic E-state index is -4.55. The topological polar surface area (TPSA) is 167 Å². The molecule has 12 nitrogen and oxygen atoms in total. The summed E-state index contributed by atoms with van der Waals surface area (Å²) in [6.45, 7) is 3.34. The number of nitrogens with zero attached hydrogens (tertiary/aromatic N) is 3. The number of hydrogen-bond acceptors (Lipinski definition) is 10. The van der Waals surface area contributed by atoms with Crippen molar-refractivity contribution in [3.05, 3.63) is 36.9 Å². The number of urea groups is 1. The van der Waals surface area contributed by atoms with E-state index in [2.05, 4.69) is 26.8 Å². The van der Waals surface area contributed by atoms with E-state index in [0.29, 0.717) is 0 Å². The van der Waals surface area contributed by atoms with E-state index in [-0.39, 0.29) is 18.0 Å². The van der Waals surface area contributed by atoms with E-state index in [1.165, 1.54) is 26.4 Å². The summed E-state index contributed by atoms with van der Waals surface area (Å²) in [6.07, 6.45) is 1.13. The van der Waals surface area contributed by atoms with Crippen LogP contribution in [-0.2, 0) is 19.9 Å². The maximum atomic E-state index is 12.6. The van der Waals surface area contributed by atoms with Gasteiger partial charge in [0, 0.05) is 0 Å². The van der Waals surface area contributed by atoms with E-state index in [9.17, 15) is 21.6 Å². The fraction of sp³-hybridized carbons (Fsp3) is 0.200. The first-order chi connectivity index (χ1) is 13.6. The van der Waals surface area contributed by atoms with Gasteiger partial charge in [-0.05, 0) is 12.1 Å². The lowest BCUT2D eigenvalue weighted by molar-refractivity contribution is 0.256. The number of ether oxygens (including phenoxy) is 2. The second kappa shape index (κ2) is 8.83. The van der Waals surface area contributed by atoms with E-state index in [0.717, 1.165) is 18.2 Å². The first-order valence-corrected chi connectivity index (χ1v) is 10.9. The highest BCUT2D eigenvalue weighted by Gasteiger charge is 2.27. The largest absolute Gasteiger partial charge is 0.467 e. The summed E-state index contributed by atoms with van der Waals surface area (Å²) in [5.74, 6) is -0.829. The number of sulfone groups is 1. The number of rotatable bonds is 8. The Hall–Kier alpha value is -3.26. The van der Waals surface area contributed by atoms with Crippen molar-refractivity contribution < 1.29 is 31.1 Å². The molecule has 2 N–H and O–H groups in total. The fourth-order valence-corrected chi connectivity index (χ4v) is 4.91. The number of anilines is 1. The van der Waals surface area contributed by atoms with Crippen molar-refractivity contribution in [2.75, 3.05) is 25.3 Å². The first-order valence-electron chi connectivity index (χ1n) is 7.73. The minimum Gasteiger partial charge on any atom is -0.467 e. The zero-order valence-electron chi connectivity index (χ0n) is 15.3. The van der Waals surface area contributed by atoms with Crippen molar-refractivity contribution in [2.45, 2.75) is 9.79 Å². The van der Waals surface area contributed by atoms with E-state index < -0.39 is 41.4 Å². The van der Waals surface area contributed by atoms with Gasteiger partial charge < -0.3 is 9.47 Å². The molecule has 0 aliphatic rings. The van der Waals surface area contributed by atoms with Crippen molar-refractivity contribution in [3.8, 4) is 12.0 Å². The first kappa shape index (κ1) is 22.0. The highest BCUT2D eigenvalue weighted by molar-refractivity contribution is 7.94. The molecule has 0 fully saturated rings. The molecule has 0 aliphatic carbocycles. The van der Waals surface area contributed by atoms with Gasteiger partial charge in [-0.15, -0.1) is 11.6 Å². The molecule has 29 heavy (non-hydrogen) atoms. The van der Waals surface area contributed by atoms with Crippen LogP contribution < -0.4 is 19.5 Å². The zero-order valence-corrected chi connectivity index (χ0v) is 16.9. The highest BCUT2D eigenvalue weighted by Crippen LogP contribution is 2.22. The standard InChI is InChI=1S/C15H17N5O7S2/c1-4-9-28(22,23)10-7-5-6-8-11(10)29(24,25)20-13(21)16-12-17-14(26-2)19-15(18-12)27-3/h4-8H,1,9H2,2-3H3,(H2,16,17,18,19,20,21). The summed E-state index contributed by atoms with van der Waals surface area (Å²) in [6, 6.07) is 3.25. The molecule has 2 rings (SSSR count). The Bertz CT molecular complexity index is 1110. The van der Waals surface area contributed by atoms with Crippen molar-refractivity contribution in [1.29, 1.82) is 0 Å². The summed E-state index contributed by atoms with van der Waals surface area (Å²) in [7, 11) is -5.99. The molecular formula is C15H17N5O7S2. The van der Waals surface area contributed by atoms with Gasteiger partial charge in [-0.1, -0.05) is 18.2 Å². The maximum Gasteiger partial charge on any atom is 0.335 e. The molecule has 0 saturated carbocycles. The van der Waals surface area contributed by atoms with Crippen molar-refractivity contribution in [1.82, 2.24) is 19.7 Å². The Morgan fingerprint density at radius 1 is 1.03 bits per heavy atom. The van der Waals surface area contributed by atoms with Gasteiger partial charge in [0.1, 0.15) is 4.90 Å². The molecular weight excluding hydrogens is 426 g/mol. The number of carbonyl (C=O) groups is 1. The fourth-order valence-electron chi connectivity index (χ4n) is 2.05. The number of methoxy groups -OCH3 is 2. The number of hydrogen-bond donors (Lipinski definition) is 2. The summed E-state index contributed by atoms with van der Waals surface area (Å²) < 4.78 is 61.1. The van der Waals surface area contributed by atoms with Crippen LogP contribution in [-0.4, -0.2) is 57.8 Å². The number of carbonyl (C=O) groups excluding carboxylic acids is 1. The van der Waals surface area contributed by atoms with Crippen LogP contribution in [0.2, 0.25) is 0 Å². The second-order valence-electron chi connectivity index (χ2n) is 5.21. The predicted octanol–water partition coefficient (Wildman–Crippen LogP) is 0.359. The van der Waals surface area contributed by atoms with E-state index >= 15 is 0 Å². The SMILES string of the molecule is C=CCS(=O)(=O)c1ccccc1S(=O)(=O)NC(=O)Nc1nc(OC)nc(OC)n1. The molecule has 0 unspecified atom stereocenters. The molecule has 1 aromatic heterocycles. The summed E-state index contributed by atoms with van der Waals surface area (Å²) in [5, 5.41) is 2.08. The molecule has 0 spiro atoms. The second-order valence-corrected chi connectivity index (χ2v) is 8.86. The third kappa shape index (κ3) is 5.39. The molecule has 1 heterocycles. The number of sulfonamides is 1. The minimum absolute atomic E-state index is 0.184. The van der Waals surface area contributed by atoms with E-state index in [4.69, 9.17) is 9.47 Å². The molecule has 14 heteroatoms. The number of amides is 2. The number of aromatic nitrogens is 3. The van der Waals surface area contributed by atoms with Gasteiger partial charge in [0.2, 0.25) is 5.95 Å². The zero-order chi connectivity index (χ0) is 21.7. The van der Waals surface area contributed by atoms with Crippen molar-refractivity contribution >= 4 is 31.8 Å². The lowest BCUT2D eigenvalue weighted by Gasteiger charge is -2.12. The van der Waals surface area contributed by atoms with Gasteiger partial charge in [0.05, 0.1) is 24.9 Å². The van der Waals surface area contributed by atoms with Gasteiger partial charge in [-0.2, -0.15) is 9.97 Å². The Labute approximate surface area is 167 Å². The molecule has 0 radical (unpaired) electrons. The number of nitrogens with one attached hydrogen (secondary N) is 2. The van der Waals surface area contributed by atoms with Crippen LogP contribution in [0.1, 0.15) is 0 Å². The summed E-state index contributed by atoms with van der Waals surface area (Å²) >= 11 is 0. The normalized spacial score (nSPS) is 11.4. The van der Waals surface area contributed by atoms with Crippen LogP contribution >= 0.6 is 0 Å². The van der Waals surface area contributed by atoms with Gasteiger partial charge in [0.15, 0.2) is 9.84 Å². The third-order valence-corrected chi connectivity index (χ3v) is 6.44. The lowest BCUT2D eigenvalue weighted by atomic mass is 10.4. The summed E-state index contributed by atoms with van der Waals surface area (Å²) in [4.78, 5) is 22.3. The van der Waals surface area contributed by atoms with E-state index in [1.807, 2.05) is 0 Å². The molecule has 2 amide bonds. The molecule has 0 saturated heterocycles. The Balaban J connectivity index is 2.31. The average molecular weight is 443 g/mol. The van der Waals surface area contributed by atoms with Crippen LogP contribution in [0.3, 0.4) is 0 Å². The van der Waals surface area contributed by atoms with Gasteiger partial charge in [-0.25, -0.2) is 26.4 Å². The van der Waals surface area contributed by atoms with Crippen LogP contribution in [0, 0.1) is 0 Å². The molecule has 1 aromatic carbocycles. The van der Waals surface area contributed by atoms with Crippen molar-refractivity contribution in [3.63, 3.8) is 0 Å². The summed E-state index contributed by atoms with van der Waals surface area (Å²) in [5.41, 5.74) is 0. The van der Waals surface area contributed by atoms with Crippen LogP contribution in [0.15, 0.2) is 46.7 Å². The molecule has 0 bridgehead atoms. The molecule has 0 atom stereocenters. The monoisotopic (exact) mass is 443 g/mol. The smallest absolute Gasteiger partial charge is 0.335 e. The van der Waals surface area contributed by atoms with Crippen LogP contribution in [0.25, 0.3) is 0 Å². The van der Waals surface area contributed by atoms with Gasteiger partial charge >= 0.3 is 18.1 Å². The van der Waals surface area contributed by atoms with Crippen LogP contribution in [0.4, 0.5) is 10.7 Å². The Morgan fingerprint density at radius 2 is 1.59 bits per heavy atom. The average Bonchev–Trinajstić information content (AvgIpc) is 2.67. The predicted molar refractivity (Wildman–Crippen MR) is 101 cm³/mol. The third-order valence-electron chi connectivity index (χ3n) is 3.22. The van der Waals surface area contributed by atoms with Gasteiger partial charge in [-0.3, -0.25) is 5.32 Å². The lowest BCUT2D eigenvalue weighted by Crippen LogP contribution is -2.35.